The second-order valence-electron chi connectivity index (χ2n) is 4.42. The monoisotopic (exact) mass is 332 g/mol. The van der Waals surface area contributed by atoms with E-state index in [0.717, 1.165) is 4.47 Å². The first-order valence-electron chi connectivity index (χ1n) is 5.37. The summed E-state index contributed by atoms with van der Waals surface area (Å²) >= 11 is 3.31. The molecule has 0 aliphatic carbocycles. The number of carbonyl (C=O) groups is 1. The molecule has 5 nitrogen and oxygen atoms in total. The molecule has 0 aromatic heterocycles. The summed E-state index contributed by atoms with van der Waals surface area (Å²) in [6, 6.07) is 7.17. The van der Waals surface area contributed by atoms with Crippen molar-refractivity contribution in [2.24, 2.45) is 5.73 Å². The molecule has 0 spiro atoms. The highest BCUT2D eigenvalue weighted by Gasteiger charge is 2.47. The fourth-order valence-electron chi connectivity index (χ4n) is 2.05. The maximum Gasteiger partial charge on any atom is 0.244 e. The molecule has 2 rings (SSSR count). The summed E-state index contributed by atoms with van der Waals surface area (Å²) in [5.41, 5.74) is 4.83. The molecule has 7 heteroatoms. The molecule has 1 atom stereocenters. The minimum atomic E-state index is -3.20. The molecule has 1 saturated heterocycles. The number of amides is 1. The Labute approximate surface area is 114 Å². The first kappa shape index (κ1) is 13.4. The average molecular weight is 333 g/mol. The third-order valence-electron chi connectivity index (χ3n) is 2.99. The summed E-state index contributed by atoms with van der Waals surface area (Å²) in [5, 5.41) is 2.97. The second kappa shape index (κ2) is 4.55. The molecular weight excluding hydrogens is 320 g/mol. The van der Waals surface area contributed by atoms with Crippen molar-refractivity contribution >= 4 is 37.4 Å². The fraction of sp³-hybridized carbons (Fsp3) is 0.364. The number of nitrogens with two attached hydrogens (primary N) is 1. The van der Waals surface area contributed by atoms with Gasteiger partial charge in [-0.15, -0.1) is 0 Å². The van der Waals surface area contributed by atoms with Gasteiger partial charge in [0.05, 0.1) is 11.5 Å². The predicted molar refractivity (Wildman–Crippen MR) is 73.0 cm³/mol. The number of primary amides is 1. The number of carbonyl (C=O) groups excluding carboxylic acids is 1. The van der Waals surface area contributed by atoms with E-state index < -0.39 is 21.3 Å². The lowest BCUT2D eigenvalue weighted by Crippen LogP contribution is -2.51. The van der Waals surface area contributed by atoms with Crippen LogP contribution in [0.5, 0.6) is 0 Å². The standard InChI is InChI=1S/C11H13BrN2O3S/c12-8-2-1-3-9(6-8)14-11(10(13)15)4-5-18(16,17)7-11/h1-3,6,14H,4-5,7H2,(H2,13,15). The molecule has 1 amide bonds. The summed E-state index contributed by atoms with van der Waals surface area (Å²) in [7, 11) is -3.20. The maximum absolute atomic E-state index is 11.6. The van der Waals surface area contributed by atoms with Gasteiger partial charge in [-0.3, -0.25) is 4.79 Å². The molecule has 18 heavy (non-hydrogen) atoms. The van der Waals surface area contributed by atoms with E-state index in [-0.39, 0.29) is 17.9 Å². The molecule has 3 N–H and O–H groups in total. The molecule has 0 saturated carbocycles. The van der Waals surface area contributed by atoms with Crippen LogP contribution in [0.3, 0.4) is 0 Å². The molecule has 98 valence electrons. The highest BCUT2D eigenvalue weighted by Crippen LogP contribution is 2.28. The van der Waals surface area contributed by atoms with Crippen LogP contribution in [0, 0.1) is 0 Å². The fourth-order valence-corrected chi connectivity index (χ4v) is 4.36. The third kappa shape index (κ3) is 2.67. The molecule has 1 aromatic rings. The molecule has 0 radical (unpaired) electrons. The van der Waals surface area contributed by atoms with E-state index in [2.05, 4.69) is 21.2 Å². The Balaban J connectivity index is 2.31. The molecule has 1 aliphatic heterocycles. The van der Waals surface area contributed by atoms with Crippen LogP contribution < -0.4 is 11.1 Å². The summed E-state index contributed by atoms with van der Waals surface area (Å²) in [6.45, 7) is 0. The van der Waals surface area contributed by atoms with Crippen molar-refractivity contribution in [3.8, 4) is 0 Å². The van der Waals surface area contributed by atoms with Gasteiger partial charge in [0, 0.05) is 10.2 Å². The Morgan fingerprint density at radius 3 is 2.67 bits per heavy atom. The van der Waals surface area contributed by atoms with E-state index in [4.69, 9.17) is 5.73 Å². The number of hydrogen-bond donors (Lipinski definition) is 2. The van der Waals surface area contributed by atoms with Crippen LogP contribution in [-0.2, 0) is 14.6 Å². The van der Waals surface area contributed by atoms with Crippen molar-refractivity contribution in [1.29, 1.82) is 0 Å². The molecule has 1 unspecified atom stereocenters. The molecule has 1 heterocycles. The van der Waals surface area contributed by atoms with E-state index in [0.29, 0.717) is 5.69 Å². The van der Waals surface area contributed by atoms with Gasteiger partial charge >= 0.3 is 0 Å². The van der Waals surface area contributed by atoms with Gasteiger partial charge < -0.3 is 11.1 Å². The number of anilines is 1. The van der Waals surface area contributed by atoms with Crippen LogP contribution in [0.2, 0.25) is 0 Å². The second-order valence-corrected chi connectivity index (χ2v) is 7.52. The lowest BCUT2D eigenvalue weighted by molar-refractivity contribution is -0.121. The van der Waals surface area contributed by atoms with Gasteiger partial charge in [-0.25, -0.2) is 8.42 Å². The topological polar surface area (TPSA) is 89.3 Å². The van der Waals surface area contributed by atoms with E-state index >= 15 is 0 Å². The van der Waals surface area contributed by atoms with E-state index in [1.54, 1.807) is 18.2 Å². The molecule has 0 bridgehead atoms. The highest BCUT2D eigenvalue weighted by molar-refractivity contribution is 9.10. The zero-order valence-electron chi connectivity index (χ0n) is 9.52. The van der Waals surface area contributed by atoms with Gasteiger partial charge in [0.25, 0.3) is 0 Å². The summed E-state index contributed by atoms with van der Waals surface area (Å²) < 4.78 is 23.9. The van der Waals surface area contributed by atoms with Gasteiger partial charge in [-0.2, -0.15) is 0 Å². The Morgan fingerprint density at radius 1 is 1.44 bits per heavy atom. The van der Waals surface area contributed by atoms with E-state index in [1.807, 2.05) is 6.07 Å². The summed E-state index contributed by atoms with van der Waals surface area (Å²) in [5.74, 6) is -0.901. The number of nitrogens with one attached hydrogen (secondary N) is 1. The van der Waals surface area contributed by atoms with Crippen molar-refractivity contribution in [2.45, 2.75) is 12.0 Å². The van der Waals surface area contributed by atoms with Crippen molar-refractivity contribution in [3.63, 3.8) is 0 Å². The normalized spacial score (nSPS) is 25.8. The van der Waals surface area contributed by atoms with Crippen molar-refractivity contribution in [1.82, 2.24) is 0 Å². The van der Waals surface area contributed by atoms with Gasteiger partial charge in [-0.1, -0.05) is 22.0 Å². The minimum Gasteiger partial charge on any atom is -0.370 e. The largest absolute Gasteiger partial charge is 0.370 e. The van der Waals surface area contributed by atoms with Gasteiger partial charge in [0.1, 0.15) is 5.54 Å². The molecule has 1 aliphatic rings. The van der Waals surface area contributed by atoms with Gasteiger partial charge in [0.15, 0.2) is 9.84 Å². The minimum absolute atomic E-state index is 0.0169. The van der Waals surface area contributed by atoms with Crippen LogP contribution in [0.15, 0.2) is 28.7 Å². The average Bonchev–Trinajstić information content (AvgIpc) is 2.55. The van der Waals surface area contributed by atoms with E-state index in [9.17, 15) is 13.2 Å². The van der Waals surface area contributed by atoms with Crippen LogP contribution in [0.1, 0.15) is 6.42 Å². The van der Waals surface area contributed by atoms with E-state index in [1.165, 1.54) is 0 Å². The zero-order valence-corrected chi connectivity index (χ0v) is 11.9. The van der Waals surface area contributed by atoms with Crippen LogP contribution >= 0.6 is 15.9 Å². The smallest absolute Gasteiger partial charge is 0.244 e. The number of benzene rings is 1. The van der Waals surface area contributed by atoms with Crippen molar-refractivity contribution < 1.29 is 13.2 Å². The number of hydrogen-bond acceptors (Lipinski definition) is 4. The lowest BCUT2D eigenvalue weighted by Gasteiger charge is -2.26. The zero-order chi connectivity index (χ0) is 13.4. The summed E-state index contributed by atoms with van der Waals surface area (Å²) in [4.78, 5) is 11.6. The number of sulfone groups is 1. The Kier molecular flexibility index (Phi) is 3.37. The van der Waals surface area contributed by atoms with Crippen LogP contribution in [-0.4, -0.2) is 31.4 Å². The first-order valence-corrected chi connectivity index (χ1v) is 7.99. The van der Waals surface area contributed by atoms with Crippen molar-refractivity contribution in [2.75, 3.05) is 16.8 Å². The van der Waals surface area contributed by atoms with Gasteiger partial charge in [0.2, 0.25) is 5.91 Å². The first-order chi connectivity index (χ1) is 8.33. The molecule has 1 aromatic carbocycles. The highest BCUT2D eigenvalue weighted by atomic mass is 79.9. The van der Waals surface area contributed by atoms with Crippen LogP contribution in [0.4, 0.5) is 5.69 Å². The Bertz CT molecular complexity index is 588. The lowest BCUT2D eigenvalue weighted by atomic mass is 9.97. The quantitative estimate of drug-likeness (QED) is 0.860. The Morgan fingerprint density at radius 2 is 2.17 bits per heavy atom. The SMILES string of the molecule is NC(=O)C1(Nc2cccc(Br)c2)CCS(=O)(=O)C1. The third-order valence-corrected chi connectivity index (χ3v) is 5.24. The summed E-state index contributed by atoms with van der Waals surface area (Å²) in [6.07, 6.45) is 0.206. The molecule has 1 fully saturated rings. The maximum atomic E-state index is 11.6. The number of halogens is 1. The molecular formula is C11H13BrN2O3S. The number of rotatable bonds is 3. The Hall–Kier alpha value is -1.08. The van der Waals surface area contributed by atoms with Gasteiger partial charge in [-0.05, 0) is 24.6 Å². The van der Waals surface area contributed by atoms with Crippen molar-refractivity contribution in [3.05, 3.63) is 28.7 Å². The predicted octanol–water partition coefficient (Wildman–Crippen LogP) is 0.904. The van der Waals surface area contributed by atoms with Crippen LogP contribution in [0.25, 0.3) is 0 Å².